The minimum Gasteiger partial charge on any atom is -0.452 e. The van der Waals surface area contributed by atoms with Gasteiger partial charge in [0.1, 0.15) is 0 Å². The summed E-state index contributed by atoms with van der Waals surface area (Å²) in [5, 5.41) is 13.5. The third-order valence-corrected chi connectivity index (χ3v) is 5.24. The van der Waals surface area contributed by atoms with Crippen LogP contribution in [-0.2, 0) is 14.3 Å². The first-order valence-corrected chi connectivity index (χ1v) is 10.1. The van der Waals surface area contributed by atoms with Crippen LogP contribution in [0.5, 0.6) is 0 Å². The summed E-state index contributed by atoms with van der Waals surface area (Å²) in [6.07, 6.45) is -0.945. The number of carbonyl (C=O) groups excluding carboxylic acids is 2. The molecule has 1 N–H and O–H groups in total. The lowest BCUT2D eigenvalue weighted by molar-refractivity contribution is -0.384. The molecule has 0 unspecified atom stereocenters. The molecule has 0 aromatic heterocycles. The lowest BCUT2D eigenvalue weighted by Crippen LogP contribution is -2.31. The summed E-state index contributed by atoms with van der Waals surface area (Å²) in [5.41, 5.74) is 2.69. The van der Waals surface area contributed by atoms with Crippen LogP contribution >= 0.6 is 11.8 Å². The standard InChI is InChI=1S/C21H24N2O5S/c1-13(2)18-7-5-6-14(3)20(18)22-21(25)15(4)28-19(24)12-29-17-10-8-16(9-11-17)23(26)27/h5-11,13,15H,12H2,1-4H3,(H,22,25)/t15-/m0/s1. The summed E-state index contributed by atoms with van der Waals surface area (Å²) in [4.78, 5) is 35.4. The number of hydrogen-bond donors (Lipinski definition) is 1. The zero-order valence-electron chi connectivity index (χ0n) is 16.8. The van der Waals surface area contributed by atoms with Crippen LogP contribution in [0.25, 0.3) is 0 Å². The number of nitro groups is 1. The van der Waals surface area contributed by atoms with E-state index in [-0.39, 0.29) is 17.4 Å². The van der Waals surface area contributed by atoms with Crippen molar-refractivity contribution in [2.75, 3.05) is 11.1 Å². The van der Waals surface area contributed by atoms with Gasteiger partial charge in [-0.15, -0.1) is 11.8 Å². The van der Waals surface area contributed by atoms with Crippen molar-refractivity contribution in [3.05, 3.63) is 63.7 Å². The topological polar surface area (TPSA) is 98.5 Å². The van der Waals surface area contributed by atoms with E-state index in [1.807, 2.05) is 39.0 Å². The number of non-ortho nitro benzene ring substituents is 1. The van der Waals surface area contributed by atoms with E-state index >= 15 is 0 Å². The molecule has 7 nitrogen and oxygen atoms in total. The number of hydrogen-bond acceptors (Lipinski definition) is 6. The first kappa shape index (κ1) is 22.4. The van der Waals surface area contributed by atoms with Crippen molar-refractivity contribution in [2.24, 2.45) is 0 Å². The lowest BCUT2D eigenvalue weighted by Gasteiger charge is -2.19. The first-order chi connectivity index (χ1) is 13.7. The Hall–Kier alpha value is -2.87. The number of nitrogens with zero attached hydrogens (tertiary/aromatic N) is 1. The number of anilines is 1. The second-order valence-electron chi connectivity index (χ2n) is 6.85. The van der Waals surface area contributed by atoms with Crippen LogP contribution in [-0.4, -0.2) is 28.7 Å². The summed E-state index contributed by atoms with van der Waals surface area (Å²) >= 11 is 1.19. The zero-order chi connectivity index (χ0) is 21.6. The summed E-state index contributed by atoms with van der Waals surface area (Å²) in [6, 6.07) is 11.7. The van der Waals surface area contributed by atoms with E-state index < -0.39 is 22.9 Å². The molecule has 0 saturated heterocycles. The third kappa shape index (κ3) is 6.32. The number of benzene rings is 2. The maximum atomic E-state index is 12.5. The summed E-state index contributed by atoms with van der Waals surface area (Å²) in [5.74, 6) is -0.697. The number of thioether (sulfide) groups is 1. The predicted molar refractivity (Wildman–Crippen MR) is 113 cm³/mol. The van der Waals surface area contributed by atoms with Crippen LogP contribution in [0.3, 0.4) is 0 Å². The Balaban J connectivity index is 1.91. The van der Waals surface area contributed by atoms with Gasteiger partial charge in [0.2, 0.25) is 0 Å². The van der Waals surface area contributed by atoms with Gasteiger partial charge in [-0.05, 0) is 43.0 Å². The number of amides is 1. The fourth-order valence-electron chi connectivity index (χ4n) is 2.66. The van der Waals surface area contributed by atoms with Crippen molar-refractivity contribution >= 4 is 35.0 Å². The molecule has 2 aromatic rings. The Morgan fingerprint density at radius 1 is 1.14 bits per heavy atom. The average molecular weight is 416 g/mol. The first-order valence-electron chi connectivity index (χ1n) is 9.16. The minimum atomic E-state index is -0.945. The second-order valence-corrected chi connectivity index (χ2v) is 7.90. The average Bonchev–Trinajstić information content (AvgIpc) is 2.67. The van der Waals surface area contributed by atoms with Gasteiger partial charge in [-0.1, -0.05) is 32.0 Å². The Labute approximate surface area is 174 Å². The zero-order valence-corrected chi connectivity index (χ0v) is 17.6. The van der Waals surface area contributed by atoms with E-state index in [1.165, 1.54) is 30.8 Å². The highest BCUT2D eigenvalue weighted by Crippen LogP contribution is 2.27. The number of carbonyl (C=O) groups is 2. The molecule has 0 saturated carbocycles. The highest BCUT2D eigenvalue weighted by molar-refractivity contribution is 8.00. The van der Waals surface area contributed by atoms with Gasteiger partial charge in [0.05, 0.1) is 10.7 Å². The highest BCUT2D eigenvalue weighted by atomic mass is 32.2. The van der Waals surface area contributed by atoms with Crippen molar-refractivity contribution in [3.8, 4) is 0 Å². The maximum absolute atomic E-state index is 12.5. The van der Waals surface area contributed by atoms with E-state index in [2.05, 4.69) is 5.32 Å². The minimum absolute atomic E-state index is 0.00294. The Morgan fingerprint density at radius 2 is 1.79 bits per heavy atom. The lowest BCUT2D eigenvalue weighted by atomic mass is 9.98. The molecule has 0 aliphatic heterocycles. The van der Waals surface area contributed by atoms with Crippen LogP contribution in [0.4, 0.5) is 11.4 Å². The molecular weight excluding hydrogens is 392 g/mol. The van der Waals surface area contributed by atoms with Crippen LogP contribution in [0.1, 0.15) is 37.8 Å². The largest absolute Gasteiger partial charge is 0.452 e. The number of rotatable bonds is 8. The van der Waals surface area contributed by atoms with Gasteiger partial charge in [0.25, 0.3) is 11.6 Å². The number of esters is 1. The van der Waals surface area contributed by atoms with Gasteiger partial charge in [0, 0.05) is 22.7 Å². The van der Waals surface area contributed by atoms with Crippen LogP contribution in [0, 0.1) is 17.0 Å². The van der Waals surface area contributed by atoms with Crippen LogP contribution in [0.15, 0.2) is 47.4 Å². The van der Waals surface area contributed by atoms with Crippen molar-refractivity contribution < 1.29 is 19.2 Å². The molecule has 0 fully saturated rings. The Kier molecular flexibility index (Phi) is 7.78. The highest BCUT2D eigenvalue weighted by Gasteiger charge is 2.20. The van der Waals surface area contributed by atoms with E-state index in [0.717, 1.165) is 16.8 Å². The number of nitro benzene ring substituents is 1. The Morgan fingerprint density at radius 3 is 2.38 bits per heavy atom. The van der Waals surface area contributed by atoms with Gasteiger partial charge < -0.3 is 10.1 Å². The quantitative estimate of drug-likeness (QED) is 0.290. The molecule has 0 aliphatic carbocycles. The van der Waals surface area contributed by atoms with Crippen molar-refractivity contribution in [1.82, 2.24) is 0 Å². The van der Waals surface area contributed by atoms with E-state index in [1.54, 1.807) is 12.1 Å². The van der Waals surface area contributed by atoms with Gasteiger partial charge in [-0.25, -0.2) is 0 Å². The Bertz CT molecular complexity index is 896. The molecule has 0 spiro atoms. The van der Waals surface area contributed by atoms with Gasteiger partial charge in [-0.3, -0.25) is 19.7 Å². The van der Waals surface area contributed by atoms with Gasteiger partial charge in [-0.2, -0.15) is 0 Å². The normalized spacial score (nSPS) is 11.8. The predicted octanol–water partition coefficient (Wildman–Crippen LogP) is 4.69. The smallest absolute Gasteiger partial charge is 0.317 e. The molecule has 1 amide bonds. The van der Waals surface area contributed by atoms with E-state index in [4.69, 9.17) is 4.74 Å². The molecule has 29 heavy (non-hydrogen) atoms. The molecule has 2 aromatic carbocycles. The van der Waals surface area contributed by atoms with Crippen molar-refractivity contribution in [1.29, 1.82) is 0 Å². The molecule has 0 radical (unpaired) electrons. The van der Waals surface area contributed by atoms with E-state index in [9.17, 15) is 19.7 Å². The summed E-state index contributed by atoms with van der Waals surface area (Å²) in [7, 11) is 0. The summed E-state index contributed by atoms with van der Waals surface area (Å²) in [6.45, 7) is 7.53. The van der Waals surface area contributed by atoms with Crippen molar-refractivity contribution in [2.45, 2.75) is 44.6 Å². The fourth-order valence-corrected chi connectivity index (χ4v) is 3.34. The number of aryl methyl sites for hydroxylation is 1. The molecule has 8 heteroatoms. The van der Waals surface area contributed by atoms with Crippen molar-refractivity contribution in [3.63, 3.8) is 0 Å². The summed E-state index contributed by atoms with van der Waals surface area (Å²) < 4.78 is 5.23. The second kappa shape index (κ2) is 10.1. The number of nitrogens with one attached hydrogen (secondary N) is 1. The molecule has 0 bridgehead atoms. The molecule has 154 valence electrons. The third-order valence-electron chi connectivity index (χ3n) is 4.26. The molecule has 2 rings (SSSR count). The molecule has 1 atom stereocenters. The number of para-hydroxylation sites is 1. The van der Waals surface area contributed by atoms with Crippen LogP contribution < -0.4 is 5.32 Å². The maximum Gasteiger partial charge on any atom is 0.317 e. The SMILES string of the molecule is Cc1cccc(C(C)C)c1NC(=O)[C@H](C)OC(=O)CSc1ccc([N+](=O)[O-])cc1. The van der Waals surface area contributed by atoms with Gasteiger partial charge in [0.15, 0.2) is 6.10 Å². The monoisotopic (exact) mass is 416 g/mol. The fraction of sp³-hybridized carbons (Fsp3) is 0.333. The molecule has 0 heterocycles. The molecule has 0 aliphatic rings. The molecular formula is C21H24N2O5S. The number of ether oxygens (including phenoxy) is 1. The van der Waals surface area contributed by atoms with Crippen LogP contribution in [0.2, 0.25) is 0 Å². The van der Waals surface area contributed by atoms with Gasteiger partial charge >= 0.3 is 5.97 Å². The van der Waals surface area contributed by atoms with E-state index in [0.29, 0.717) is 4.90 Å².